The van der Waals surface area contributed by atoms with E-state index >= 15 is 0 Å². The summed E-state index contributed by atoms with van der Waals surface area (Å²) in [7, 11) is 0. The Morgan fingerprint density at radius 2 is 2.56 bits per heavy atom. The molecule has 1 heterocycles. The summed E-state index contributed by atoms with van der Waals surface area (Å²) in [4.78, 5) is 3.72. The Bertz CT molecular complexity index is 194. The average molecular weight is 144 g/mol. The van der Waals surface area contributed by atoms with Crippen LogP contribution in [0.5, 0.6) is 0 Å². The summed E-state index contributed by atoms with van der Waals surface area (Å²) in [6.07, 6.45) is 1.55. The first-order valence-electron chi connectivity index (χ1n) is 2.55. The van der Waals surface area contributed by atoms with Gasteiger partial charge in [0.15, 0.2) is 0 Å². The van der Waals surface area contributed by atoms with Crippen molar-refractivity contribution in [2.75, 3.05) is 5.73 Å². The number of rotatable bonds is 1. The maximum absolute atomic E-state index is 5.24. The molecule has 2 N–H and O–H groups in total. The van der Waals surface area contributed by atoms with E-state index in [0.29, 0.717) is 0 Å². The molecule has 5 heteroatoms. The average Bonchev–Trinajstić information content (AvgIpc) is 2.14. The Labute approximate surface area is 58.5 Å². The fraction of sp³-hybridized carbons (Fsp3) is 0.500. The van der Waals surface area contributed by atoms with Gasteiger partial charge < -0.3 is 5.73 Å². The van der Waals surface area contributed by atoms with E-state index in [0.717, 1.165) is 0 Å². The minimum absolute atomic E-state index is 0.0369. The molecule has 0 saturated carbocycles. The summed E-state index contributed by atoms with van der Waals surface area (Å²) in [5.41, 5.74) is 5.24. The van der Waals surface area contributed by atoms with Gasteiger partial charge in [-0.05, 0) is 6.92 Å². The largest absolute Gasteiger partial charge is 0.367 e. The maximum atomic E-state index is 5.24. The van der Waals surface area contributed by atoms with Crippen molar-refractivity contribution in [1.82, 2.24) is 14.8 Å². The number of anilines is 1. The molecule has 1 atom stereocenters. The number of hydrogen-bond donors (Lipinski definition) is 2. The Hall–Kier alpha value is -0.710. The molecule has 0 fully saturated rings. The lowest BCUT2D eigenvalue weighted by atomic mass is 10.8. The topological polar surface area (TPSA) is 56.7 Å². The molecule has 0 amide bonds. The quantitative estimate of drug-likeness (QED) is 0.558. The molecule has 1 unspecified atom stereocenters. The molecule has 0 aromatic carbocycles. The summed E-state index contributed by atoms with van der Waals surface area (Å²) in [6.45, 7) is 1.89. The molecule has 0 radical (unpaired) electrons. The third-order valence-electron chi connectivity index (χ3n) is 0.909. The monoisotopic (exact) mass is 144 g/mol. The van der Waals surface area contributed by atoms with Crippen molar-refractivity contribution in [2.24, 2.45) is 0 Å². The molecular weight excluding hydrogens is 136 g/mol. The second kappa shape index (κ2) is 2.26. The highest BCUT2D eigenvalue weighted by molar-refractivity contribution is 7.80. The van der Waals surface area contributed by atoms with Crippen molar-refractivity contribution in [3.05, 3.63) is 6.33 Å². The zero-order chi connectivity index (χ0) is 6.85. The number of hydrogen-bond acceptors (Lipinski definition) is 4. The van der Waals surface area contributed by atoms with Gasteiger partial charge in [0, 0.05) is 0 Å². The normalized spacial score (nSPS) is 13.6. The van der Waals surface area contributed by atoms with Crippen LogP contribution in [0.2, 0.25) is 0 Å². The minimum atomic E-state index is 0.0369. The lowest BCUT2D eigenvalue weighted by molar-refractivity contribution is 0.647. The SMILES string of the molecule is CC(S)n1cnc(N)n1. The molecule has 1 aromatic heterocycles. The molecular formula is C4H8N4S. The van der Waals surface area contributed by atoms with E-state index in [9.17, 15) is 0 Å². The lowest BCUT2D eigenvalue weighted by Crippen LogP contribution is -1.99. The standard InChI is InChI=1S/C4H8N4S/c1-3(9)8-2-6-4(5)7-8/h2-3,9H,1H3,(H2,5,7). The van der Waals surface area contributed by atoms with E-state index in [4.69, 9.17) is 5.73 Å². The van der Waals surface area contributed by atoms with Crippen LogP contribution in [-0.2, 0) is 0 Å². The lowest BCUT2D eigenvalue weighted by Gasteiger charge is -1.99. The first-order chi connectivity index (χ1) is 4.20. The molecule has 50 valence electrons. The van der Waals surface area contributed by atoms with Gasteiger partial charge in [-0.15, -0.1) is 5.10 Å². The van der Waals surface area contributed by atoms with Gasteiger partial charge in [0.05, 0.1) is 5.37 Å². The van der Waals surface area contributed by atoms with Gasteiger partial charge in [0.1, 0.15) is 6.33 Å². The van der Waals surface area contributed by atoms with Crippen molar-refractivity contribution in [3.8, 4) is 0 Å². The molecule has 4 nitrogen and oxygen atoms in total. The van der Waals surface area contributed by atoms with Gasteiger partial charge in [0.2, 0.25) is 5.95 Å². The van der Waals surface area contributed by atoms with Gasteiger partial charge in [-0.3, -0.25) is 0 Å². The number of thiol groups is 1. The number of nitrogens with zero attached hydrogens (tertiary/aromatic N) is 3. The molecule has 0 aliphatic carbocycles. The number of nitrogens with two attached hydrogens (primary N) is 1. The van der Waals surface area contributed by atoms with Gasteiger partial charge in [-0.2, -0.15) is 12.6 Å². The Kier molecular flexibility index (Phi) is 1.61. The smallest absolute Gasteiger partial charge is 0.239 e. The van der Waals surface area contributed by atoms with Crippen molar-refractivity contribution < 1.29 is 0 Å². The van der Waals surface area contributed by atoms with Crippen molar-refractivity contribution >= 4 is 18.6 Å². The van der Waals surface area contributed by atoms with E-state index in [2.05, 4.69) is 22.7 Å². The highest BCUT2D eigenvalue weighted by Gasteiger charge is 1.98. The molecule has 1 rings (SSSR count). The predicted octanol–water partition coefficient (Wildman–Crippen LogP) is 0.309. The van der Waals surface area contributed by atoms with Crippen LogP contribution in [0.3, 0.4) is 0 Å². The fourth-order valence-corrected chi connectivity index (χ4v) is 0.580. The molecule has 1 aromatic rings. The second-order valence-electron chi connectivity index (χ2n) is 1.71. The summed E-state index contributed by atoms with van der Waals surface area (Å²) >= 11 is 4.11. The van der Waals surface area contributed by atoms with Crippen LogP contribution in [-0.4, -0.2) is 14.8 Å². The van der Waals surface area contributed by atoms with Crippen LogP contribution in [0.4, 0.5) is 5.95 Å². The summed E-state index contributed by atoms with van der Waals surface area (Å²) in [5.74, 6) is 0.288. The van der Waals surface area contributed by atoms with Crippen LogP contribution in [0.1, 0.15) is 12.3 Å². The van der Waals surface area contributed by atoms with Crippen LogP contribution in [0.15, 0.2) is 6.33 Å². The van der Waals surface area contributed by atoms with Crippen LogP contribution in [0, 0.1) is 0 Å². The van der Waals surface area contributed by atoms with Crippen LogP contribution >= 0.6 is 12.6 Å². The zero-order valence-corrected chi connectivity index (χ0v) is 5.92. The van der Waals surface area contributed by atoms with E-state index in [1.54, 1.807) is 11.0 Å². The molecule has 9 heavy (non-hydrogen) atoms. The highest BCUT2D eigenvalue weighted by Crippen LogP contribution is 2.06. The van der Waals surface area contributed by atoms with Crippen LogP contribution in [0.25, 0.3) is 0 Å². The van der Waals surface area contributed by atoms with Gasteiger partial charge in [0.25, 0.3) is 0 Å². The summed E-state index contributed by atoms with van der Waals surface area (Å²) < 4.78 is 1.58. The molecule has 0 aliphatic heterocycles. The molecule has 0 bridgehead atoms. The third-order valence-corrected chi connectivity index (χ3v) is 1.15. The Morgan fingerprint density at radius 3 is 2.78 bits per heavy atom. The van der Waals surface area contributed by atoms with E-state index in [1.165, 1.54) is 0 Å². The number of nitrogen functional groups attached to an aromatic ring is 1. The number of aromatic nitrogens is 3. The Morgan fingerprint density at radius 1 is 1.89 bits per heavy atom. The summed E-state index contributed by atoms with van der Waals surface area (Å²) in [6, 6.07) is 0. The van der Waals surface area contributed by atoms with E-state index in [-0.39, 0.29) is 11.3 Å². The predicted molar refractivity (Wildman–Crippen MR) is 38.1 cm³/mol. The van der Waals surface area contributed by atoms with E-state index < -0.39 is 0 Å². The van der Waals surface area contributed by atoms with Gasteiger partial charge in [-0.25, -0.2) is 9.67 Å². The first kappa shape index (κ1) is 6.41. The van der Waals surface area contributed by atoms with Crippen molar-refractivity contribution in [3.63, 3.8) is 0 Å². The van der Waals surface area contributed by atoms with Gasteiger partial charge in [-0.1, -0.05) is 0 Å². The second-order valence-corrected chi connectivity index (χ2v) is 2.46. The van der Waals surface area contributed by atoms with Crippen molar-refractivity contribution in [1.29, 1.82) is 0 Å². The van der Waals surface area contributed by atoms with Crippen molar-refractivity contribution in [2.45, 2.75) is 12.3 Å². The molecule has 0 aliphatic rings. The van der Waals surface area contributed by atoms with Crippen LogP contribution < -0.4 is 5.73 Å². The first-order valence-corrected chi connectivity index (χ1v) is 3.06. The molecule has 0 saturated heterocycles. The van der Waals surface area contributed by atoms with E-state index in [1.807, 2.05) is 6.92 Å². The minimum Gasteiger partial charge on any atom is -0.367 e. The third kappa shape index (κ3) is 1.35. The van der Waals surface area contributed by atoms with Gasteiger partial charge >= 0.3 is 0 Å². The Balaban J connectivity index is 2.85. The highest BCUT2D eigenvalue weighted by atomic mass is 32.1. The summed E-state index contributed by atoms with van der Waals surface area (Å²) in [5, 5.41) is 3.85. The fourth-order valence-electron chi connectivity index (χ4n) is 0.468. The molecule has 0 spiro atoms. The zero-order valence-electron chi connectivity index (χ0n) is 5.02. The maximum Gasteiger partial charge on any atom is 0.239 e.